The summed E-state index contributed by atoms with van der Waals surface area (Å²) in [6.45, 7) is 0. The van der Waals surface area contributed by atoms with Gasteiger partial charge in [0.05, 0.1) is 23.6 Å². The van der Waals surface area contributed by atoms with Gasteiger partial charge in [0.25, 0.3) is 0 Å². The van der Waals surface area contributed by atoms with Gasteiger partial charge in [0, 0.05) is 0 Å². The Morgan fingerprint density at radius 3 is 2.57 bits per heavy atom. The van der Waals surface area contributed by atoms with Crippen molar-refractivity contribution in [1.29, 1.82) is 10.5 Å². The zero-order valence-corrected chi connectivity index (χ0v) is 7.21. The van der Waals surface area contributed by atoms with Crippen LogP contribution in [0.4, 0.5) is 4.39 Å². The topological polar surface area (TPSA) is 47.6 Å². The Bertz CT molecular complexity index is 481. The summed E-state index contributed by atoms with van der Waals surface area (Å²) in [5, 5.41) is 16.7. The number of hydrogen-bond acceptors (Lipinski definition) is 2. The lowest BCUT2D eigenvalue weighted by molar-refractivity contribution is 0.620. The van der Waals surface area contributed by atoms with Crippen molar-refractivity contribution in [3.8, 4) is 24.0 Å². The van der Waals surface area contributed by atoms with Gasteiger partial charge in [-0.1, -0.05) is 17.9 Å². The Balaban J connectivity index is 3.09. The summed E-state index contributed by atoms with van der Waals surface area (Å²) < 4.78 is 13.3. The quantitative estimate of drug-likeness (QED) is 0.578. The highest BCUT2D eigenvalue weighted by Crippen LogP contribution is 2.10. The highest BCUT2D eigenvalue weighted by molar-refractivity contribution is 5.43. The van der Waals surface area contributed by atoms with E-state index in [1.165, 1.54) is 12.1 Å². The van der Waals surface area contributed by atoms with E-state index in [-0.39, 0.29) is 17.5 Å². The molecular formula is C11H5FN2. The smallest absolute Gasteiger partial charge is 0.156 e. The van der Waals surface area contributed by atoms with Crippen molar-refractivity contribution in [2.75, 3.05) is 0 Å². The Morgan fingerprint density at radius 1 is 1.21 bits per heavy atom. The molecule has 0 spiro atoms. The molecule has 66 valence electrons. The van der Waals surface area contributed by atoms with Crippen LogP contribution in [-0.2, 0) is 0 Å². The molecule has 0 saturated carbocycles. The third-order valence-corrected chi connectivity index (χ3v) is 1.51. The van der Waals surface area contributed by atoms with Crippen LogP contribution in [0.3, 0.4) is 0 Å². The van der Waals surface area contributed by atoms with Gasteiger partial charge in [-0.05, 0) is 12.1 Å². The van der Waals surface area contributed by atoms with Crippen LogP contribution < -0.4 is 0 Å². The molecule has 0 aliphatic carbocycles. The van der Waals surface area contributed by atoms with Crippen LogP contribution in [0.5, 0.6) is 0 Å². The van der Waals surface area contributed by atoms with Crippen molar-refractivity contribution in [2.24, 2.45) is 0 Å². The zero-order valence-electron chi connectivity index (χ0n) is 7.21. The van der Waals surface area contributed by atoms with Gasteiger partial charge in [-0.15, -0.1) is 0 Å². The lowest BCUT2D eigenvalue weighted by atomic mass is 10.1. The first-order chi connectivity index (χ1) is 6.79. The monoisotopic (exact) mass is 184 g/mol. The van der Waals surface area contributed by atoms with Crippen LogP contribution >= 0.6 is 0 Å². The molecule has 0 unspecified atom stereocenters. The second kappa shape index (κ2) is 4.65. The molecule has 14 heavy (non-hydrogen) atoms. The molecule has 0 aliphatic heterocycles. The molecule has 0 amide bonds. The van der Waals surface area contributed by atoms with E-state index in [0.717, 1.165) is 0 Å². The van der Waals surface area contributed by atoms with Gasteiger partial charge in [0.1, 0.15) is 6.07 Å². The van der Waals surface area contributed by atoms with Gasteiger partial charge < -0.3 is 0 Å². The molecule has 2 nitrogen and oxygen atoms in total. The molecule has 0 saturated heterocycles. The van der Waals surface area contributed by atoms with E-state index in [9.17, 15) is 4.39 Å². The number of nitrogens with zero attached hydrogens (tertiary/aromatic N) is 2. The second-order valence-electron chi connectivity index (χ2n) is 2.42. The molecule has 0 heterocycles. The largest absolute Gasteiger partial charge is 0.204 e. The fraction of sp³-hybridized carbons (Fsp3) is 0.0909. The van der Waals surface area contributed by atoms with Crippen molar-refractivity contribution >= 4 is 0 Å². The highest BCUT2D eigenvalue weighted by atomic mass is 19.1. The van der Waals surface area contributed by atoms with Crippen LogP contribution in [0, 0.1) is 40.3 Å². The van der Waals surface area contributed by atoms with Crippen molar-refractivity contribution < 1.29 is 4.39 Å². The van der Waals surface area contributed by atoms with Crippen LogP contribution in [0.1, 0.15) is 17.5 Å². The average molecular weight is 184 g/mol. The van der Waals surface area contributed by atoms with Gasteiger partial charge >= 0.3 is 0 Å². The van der Waals surface area contributed by atoms with Crippen LogP contribution in [0.15, 0.2) is 18.2 Å². The fourth-order valence-corrected chi connectivity index (χ4v) is 0.894. The maximum absolute atomic E-state index is 13.3. The summed E-state index contributed by atoms with van der Waals surface area (Å²) in [4.78, 5) is 0. The summed E-state index contributed by atoms with van der Waals surface area (Å²) in [7, 11) is 0. The van der Waals surface area contributed by atoms with Crippen molar-refractivity contribution in [2.45, 2.75) is 6.42 Å². The maximum Gasteiger partial charge on any atom is 0.156 e. The Kier molecular flexibility index (Phi) is 3.25. The van der Waals surface area contributed by atoms with Crippen LogP contribution in [0.25, 0.3) is 0 Å². The van der Waals surface area contributed by atoms with E-state index in [0.29, 0.717) is 0 Å². The van der Waals surface area contributed by atoms with Crippen LogP contribution in [-0.4, -0.2) is 0 Å². The first-order valence-corrected chi connectivity index (χ1v) is 3.84. The highest BCUT2D eigenvalue weighted by Gasteiger charge is 2.03. The van der Waals surface area contributed by atoms with Gasteiger partial charge in [-0.2, -0.15) is 10.5 Å². The minimum Gasteiger partial charge on any atom is -0.204 e. The van der Waals surface area contributed by atoms with Crippen molar-refractivity contribution in [3.63, 3.8) is 0 Å². The third-order valence-electron chi connectivity index (χ3n) is 1.51. The predicted molar refractivity (Wildman–Crippen MR) is 48.2 cm³/mol. The molecule has 0 aromatic heterocycles. The molecule has 0 fully saturated rings. The second-order valence-corrected chi connectivity index (χ2v) is 2.42. The normalized spacial score (nSPS) is 7.93. The first-order valence-electron chi connectivity index (χ1n) is 3.84. The lowest BCUT2D eigenvalue weighted by Gasteiger charge is -1.94. The Hall–Kier alpha value is -2.31. The summed E-state index contributed by atoms with van der Waals surface area (Å²) in [6, 6.07) is 7.95. The average Bonchev–Trinajstić information content (AvgIpc) is 2.21. The maximum atomic E-state index is 13.3. The number of nitriles is 2. The number of halogens is 1. The minimum absolute atomic E-state index is 0.0336. The van der Waals surface area contributed by atoms with Crippen molar-refractivity contribution in [3.05, 3.63) is 35.1 Å². The SMILES string of the molecule is N#CCC#Cc1cccc(C#N)c1F. The lowest BCUT2D eigenvalue weighted by Crippen LogP contribution is -1.88. The predicted octanol–water partition coefficient (Wildman–Crippen LogP) is 1.96. The molecule has 0 N–H and O–H groups in total. The zero-order chi connectivity index (χ0) is 10.4. The summed E-state index contributed by atoms with van der Waals surface area (Å²) in [5.41, 5.74) is 0.119. The van der Waals surface area contributed by atoms with Gasteiger partial charge in [0.15, 0.2) is 5.82 Å². The molecule has 0 bridgehead atoms. The molecule has 3 heteroatoms. The molecule has 1 rings (SSSR count). The van der Waals surface area contributed by atoms with E-state index in [1.807, 2.05) is 6.07 Å². The summed E-state index contributed by atoms with van der Waals surface area (Å²) >= 11 is 0. The minimum atomic E-state index is -0.625. The van der Waals surface area contributed by atoms with E-state index in [1.54, 1.807) is 12.1 Å². The standard InChI is InChI=1S/C11H5FN2/c12-11-9(4-1-2-7-13)5-3-6-10(11)8-14/h3,5-6H,2H2. The van der Waals surface area contributed by atoms with Gasteiger partial charge in [0.2, 0.25) is 0 Å². The Labute approximate surface area is 81.2 Å². The molecule has 1 aromatic carbocycles. The Morgan fingerprint density at radius 2 is 1.93 bits per heavy atom. The van der Waals surface area contributed by atoms with Gasteiger partial charge in [-0.3, -0.25) is 0 Å². The third kappa shape index (κ3) is 2.09. The molecular weight excluding hydrogens is 179 g/mol. The molecule has 0 atom stereocenters. The van der Waals surface area contributed by atoms with E-state index >= 15 is 0 Å². The van der Waals surface area contributed by atoms with E-state index in [2.05, 4.69) is 11.8 Å². The number of benzene rings is 1. The van der Waals surface area contributed by atoms with Gasteiger partial charge in [-0.25, -0.2) is 4.39 Å². The molecule has 1 aromatic rings. The first kappa shape index (κ1) is 9.78. The molecule has 0 aliphatic rings. The van der Waals surface area contributed by atoms with Crippen LogP contribution in [0.2, 0.25) is 0 Å². The fourth-order valence-electron chi connectivity index (χ4n) is 0.894. The number of hydrogen-bond donors (Lipinski definition) is 0. The summed E-state index contributed by atoms with van der Waals surface area (Å²) in [6.07, 6.45) is 0.0518. The van der Waals surface area contributed by atoms with E-state index in [4.69, 9.17) is 10.5 Å². The summed E-state index contributed by atoms with van der Waals surface area (Å²) in [5.74, 6) is 4.35. The number of rotatable bonds is 0. The van der Waals surface area contributed by atoms with E-state index < -0.39 is 5.82 Å². The molecule has 0 radical (unpaired) electrons. The van der Waals surface area contributed by atoms with Crippen molar-refractivity contribution in [1.82, 2.24) is 0 Å².